The quantitative estimate of drug-likeness (QED) is 0.471. The number of aliphatic hydroxyl groups is 1. The first-order chi connectivity index (χ1) is 11.3. The molecule has 1 aliphatic carbocycles. The molecule has 130 valence electrons. The number of aryl methyl sites for hydroxylation is 1. The molecule has 1 atom stereocenters. The van der Waals surface area contributed by atoms with Gasteiger partial charge in [0.05, 0.1) is 6.10 Å². The van der Waals surface area contributed by atoms with Gasteiger partial charge in [-0.1, -0.05) is 18.2 Å². The number of allylic oxidation sites excluding steroid dienone is 2. The van der Waals surface area contributed by atoms with E-state index in [0.29, 0.717) is 12.8 Å². The van der Waals surface area contributed by atoms with Crippen molar-refractivity contribution in [2.45, 2.75) is 31.8 Å². The second-order valence-electron chi connectivity index (χ2n) is 5.60. The first-order valence-electron chi connectivity index (χ1n) is 7.50. The molecule has 2 rings (SSSR count). The van der Waals surface area contributed by atoms with Gasteiger partial charge in [0.15, 0.2) is 5.78 Å². The first kappa shape index (κ1) is 18.4. The Morgan fingerprint density at radius 3 is 2.71 bits per heavy atom. The van der Waals surface area contributed by atoms with Crippen LogP contribution < -0.4 is 5.09 Å². The van der Waals surface area contributed by atoms with E-state index in [0.717, 1.165) is 5.56 Å². The molecule has 0 saturated carbocycles. The SMILES string of the molecule is O=C1C=CCC(NP(=O)(O)O)=C1C(O)CCCc1cccc(O)c1. The van der Waals surface area contributed by atoms with E-state index < -0.39 is 19.6 Å². The molecule has 7 nitrogen and oxygen atoms in total. The lowest BCUT2D eigenvalue weighted by molar-refractivity contribution is -0.112. The van der Waals surface area contributed by atoms with Gasteiger partial charge in [-0.05, 0) is 43.0 Å². The Bertz CT molecular complexity index is 721. The predicted molar refractivity (Wildman–Crippen MR) is 88.0 cm³/mol. The summed E-state index contributed by atoms with van der Waals surface area (Å²) in [5.74, 6) is -0.293. The molecule has 1 aromatic rings. The van der Waals surface area contributed by atoms with E-state index in [9.17, 15) is 19.6 Å². The van der Waals surface area contributed by atoms with Crippen LogP contribution in [0.1, 0.15) is 24.8 Å². The molecule has 0 amide bonds. The predicted octanol–water partition coefficient (Wildman–Crippen LogP) is 1.54. The normalized spacial score (nSPS) is 16.4. The maximum absolute atomic E-state index is 12.0. The second kappa shape index (κ2) is 7.77. The van der Waals surface area contributed by atoms with Crippen molar-refractivity contribution in [2.75, 3.05) is 0 Å². The number of carbonyl (C=O) groups excluding carboxylic acids is 1. The van der Waals surface area contributed by atoms with Gasteiger partial charge in [0, 0.05) is 17.7 Å². The highest BCUT2D eigenvalue weighted by Gasteiger charge is 2.26. The first-order valence-corrected chi connectivity index (χ1v) is 9.11. The molecule has 0 fully saturated rings. The fraction of sp³-hybridized carbons (Fsp3) is 0.312. The molecule has 1 aromatic carbocycles. The summed E-state index contributed by atoms with van der Waals surface area (Å²) in [5.41, 5.74) is 0.956. The van der Waals surface area contributed by atoms with E-state index in [1.807, 2.05) is 11.2 Å². The van der Waals surface area contributed by atoms with Gasteiger partial charge in [-0.25, -0.2) is 4.57 Å². The minimum absolute atomic E-state index is 0.00302. The molecule has 1 unspecified atom stereocenters. The molecule has 1 aliphatic rings. The summed E-state index contributed by atoms with van der Waals surface area (Å²) in [4.78, 5) is 30.0. The van der Waals surface area contributed by atoms with E-state index in [4.69, 9.17) is 9.79 Å². The smallest absolute Gasteiger partial charge is 0.427 e. The van der Waals surface area contributed by atoms with Crippen LogP contribution in [0.2, 0.25) is 0 Å². The highest BCUT2D eigenvalue weighted by atomic mass is 31.2. The van der Waals surface area contributed by atoms with Crippen LogP contribution in [0, 0.1) is 0 Å². The van der Waals surface area contributed by atoms with Crippen LogP contribution in [0.5, 0.6) is 5.75 Å². The monoisotopic (exact) mass is 353 g/mol. The van der Waals surface area contributed by atoms with Crippen LogP contribution >= 0.6 is 7.75 Å². The Hall–Kier alpha value is -1.92. The zero-order chi connectivity index (χ0) is 17.7. The average Bonchev–Trinajstić information content (AvgIpc) is 2.45. The summed E-state index contributed by atoms with van der Waals surface area (Å²) in [6.45, 7) is 0. The average molecular weight is 353 g/mol. The zero-order valence-corrected chi connectivity index (χ0v) is 13.8. The van der Waals surface area contributed by atoms with Crippen molar-refractivity contribution in [3.63, 3.8) is 0 Å². The molecule has 8 heteroatoms. The number of carbonyl (C=O) groups is 1. The number of rotatable bonds is 7. The van der Waals surface area contributed by atoms with Gasteiger partial charge in [-0.3, -0.25) is 9.88 Å². The van der Waals surface area contributed by atoms with Crippen LogP contribution in [0.3, 0.4) is 0 Å². The lowest BCUT2D eigenvalue weighted by Crippen LogP contribution is -2.26. The number of phenols is 1. The molecule has 5 N–H and O–H groups in total. The standard InChI is InChI=1S/C16H20NO6P/c18-12-6-1-4-11(10-12)5-2-8-14(19)16-13(17-24(21,22)23)7-3-9-15(16)20/h1,3-4,6,9-10,14,18-19H,2,5,7-8H2,(H3,17,21,22,23). The highest BCUT2D eigenvalue weighted by molar-refractivity contribution is 7.49. The van der Waals surface area contributed by atoms with Crippen molar-refractivity contribution in [2.24, 2.45) is 0 Å². The Morgan fingerprint density at radius 2 is 2.04 bits per heavy atom. The minimum atomic E-state index is -4.55. The van der Waals surface area contributed by atoms with Gasteiger partial charge < -0.3 is 20.0 Å². The fourth-order valence-electron chi connectivity index (χ4n) is 2.64. The summed E-state index contributed by atoms with van der Waals surface area (Å²) < 4.78 is 11.1. The maximum Gasteiger partial charge on any atom is 0.427 e. The summed E-state index contributed by atoms with van der Waals surface area (Å²) >= 11 is 0. The molecule has 0 spiro atoms. The van der Waals surface area contributed by atoms with Crippen LogP contribution in [0.15, 0.2) is 47.7 Å². The van der Waals surface area contributed by atoms with E-state index in [1.54, 1.807) is 18.2 Å². The molecule has 0 aliphatic heterocycles. The van der Waals surface area contributed by atoms with E-state index in [2.05, 4.69) is 0 Å². The third kappa shape index (κ3) is 5.32. The van der Waals surface area contributed by atoms with Gasteiger partial charge >= 0.3 is 7.75 Å². The van der Waals surface area contributed by atoms with Crippen molar-refractivity contribution < 1.29 is 29.4 Å². The van der Waals surface area contributed by atoms with E-state index in [-0.39, 0.29) is 29.9 Å². The van der Waals surface area contributed by atoms with Crippen molar-refractivity contribution in [1.82, 2.24) is 5.09 Å². The Balaban J connectivity index is 2.03. The van der Waals surface area contributed by atoms with Crippen LogP contribution in [-0.2, 0) is 15.8 Å². The Morgan fingerprint density at radius 1 is 1.29 bits per heavy atom. The Labute approximate surface area is 139 Å². The van der Waals surface area contributed by atoms with Crippen LogP contribution in [-0.4, -0.2) is 31.9 Å². The van der Waals surface area contributed by atoms with Gasteiger partial charge in [-0.2, -0.15) is 0 Å². The molecule has 0 heterocycles. The summed E-state index contributed by atoms with van der Waals surface area (Å²) in [6.07, 6.45) is 3.22. The summed E-state index contributed by atoms with van der Waals surface area (Å²) in [6, 6.07) is 6.76. The summed E-state index contributed by atoms with van der Waals surface area (Å²) in [7, 11) is -4.55. The third-order valence-corrected chi connectivity index (χ3v) is 4.21. The molecule has 0 bridgehead atoms. The molecular formula is C16H20NO6P. The van der Waals surface area contributed by atoms with Gasteiger partial charge in [-0.15, -0.1) is 0 Å². The summed E-state index contributed by atoms with van der Waals surface area (Å²) in [5, 5.41) is 21.7. The fourth-order valence-corrected chi connectivity index (χ4v) is 3.20. The number of aromatic hydroxyl groups is 1. The van der Waals surface area contributed by atoms with E-state index >= 15 is 0 Å². The van der Waals surface area contributed by atoms with E-state index in [1.165, 1.54) is 12.2 Å². The van der Waals surface area contributed by atoms with Crippen molar-refractivity contribution in [3.8, 4) is 5.75 Å². The largest absolute Gasteiger partial charge is 0.508 e. The maximum atomic E-state index is 12.0. The molecule has 0 saturated heterocycles. The highest BCUT2D eigenvalue weighted by Crippen LogP contribution is 2.34. The number of nitrogens with one attached hydrogen (secondary N) is 1. The number of benzene rings is 1. The number of aliphatic hydroxyl groups excluding tert-OH is 1. The van der Waals surface area contributed by atoms with Crippen LogP contribution in [0.4, 0.5) is 0 Å². The van der Waals surface area contributed by atoms with Gasteiger partial charge in [0.25, 0.3) is 0 Å². The lowest BCUT2D eigenvalue weighted by Gasteiger charge is -2.21. The number of hydrogen-bond donors (Lipinski definition) is 5. The van der Waals surface area contributed by atoms with Crippen molar-refractivity contribution in [3.05, 3.63) is 53.3 Å². The molecule has 0 aromatic heterocycles. The molecule has 24 heavy (non-hydrogen) atoms. The van der Waals surface area contributed by atoms with Crippen molar-refractivity contribution >= 4 is 13.5 Å². The number of ketones is 1. The Kier molecular flexibility index (Phi) is 5.96. The number of hydrogen-bond acceptors (Lipinski definition) is 4. The zero-order valence-electron chi connectivity index (χ0n) is 12.9. The number of phenolic OH excluding ortho intramolecular Hbond substituents is 1. The van der Waals surface area contributed by atoms with Gasteiger partial charge in [0.1, 0.15) is 5.75 Å². The topological polar surface area (TPSA) is 127 Å². The van der Waals surface area contributed by atoms with Crippen molar-refractivity contribution in [1.29, 1.82) is 0 Å². The lowest BCUT2D eigenvalue weighted by atomic mass is 9.93. The second-order valence-corrected chi connectivity index (χ2v) is 6.91. The third-order valence-electron chi connectivity index (χ3n) is 3.65. The van der Waals surface area contributed by atoms with Gasteiger partial charge in [0.2, 0.25) is 0 Å². The molecular weight excluding hydrogens is 333 g/mol. The van der Waals surface area contributed by atoms with Crippen LogP contribution in [0.25, 0.3) is 0 Å². The minimum Gasteiger partial charge on any atom is -0.508 e. The molecule has 0 radical (unpaired) electrons.